The van der Waals surface area contributed by atoms with E-state index in [1.54, 1.807) is 0 Å². The van der Waals surface area contributed by atoms with Gasteiger partial charge in [0.15, 0.2) is 0 Å². The fourth-order valence-electron chi connectivity index (χ4n) is 3.77. The Morgan fingerprint density at radius 2 is 1.78 bits per heavy atom. The third kappa shape index (κ3) is 1.84. The molecule has 1 nitrogen and oxygen atoms in total. The Morgan fingerprint density at radius 1 is 1.11 bits per heavy atom. The molecule has 0 atom stereocenters. The van der Waals surface area contributed by atoms with Gasteiger partial charge < -0.3 is 4.74 Å². The van der Waals surface area contributed by atoms with Crippen LogP contribution in [0.2, 0.25) is 0 Å². The molecule has 1 aliphatic carbocycles. The summed E-state index contributed by atoms with van der Waals surface area (Å²) in [6, 6.07) is 8.64. The summed E-state index contributed by atoms with van der Waals surface area (Å²) in [5.41, 5.74) is 2.26. The van der Waals surface area contributed by atoms with E-state index in [0.29, 0.717) is 10.8 Å². The lowest BCUT2D eigenvalue weighted by Gasteiger charge is -2.41. The van der Waals surface area contributed by atoms with E-state index < -0.39 is 0 Å². The molecule has 1 aromatic carbocycles. The first kappa shape index (κ1) is 12.1. The third-order valence-electron chi connectivity index (χ3n) is 5.13. The predicted molar refractivity (Wildman–Crippen MR) is 75.0 cm³/mol. The highest BCUT2D eigenvalue weighted by molar-refractivity contribution is 5.43. The van der Waals surface area contributed by atoms with Gasteiger partial charge in [-0.3, -0.25) is 0 Å². The molecule has 0 bridgehead atoms. The largest absolute Gasteiger partial charge is 0.492 e. The van der Waals surface area contributed by atoms with Gasteiger partial charge in [0.1, 0.15) is 5.75 Å². The summed E-state index contributed by atoms with van der Waals surface area (Å²) in [4.78, 5) is 0. The van der Waals surface area contributed by atoms with Crippen LogP contribution in [0.1, 0.15) is 52.0 Å². The molecular formula is C17H24O. The zero-order valence-corrected chi connectivity index (χ0v) is 11.8. The maximum Gasteiger partial charge on any atom is 0.123 e. The van der Waals surface area contributed by atoms with Crippen molar-refractivity contribution in [3.63, 3.8) is 0 Å². The molecular weight excluding hydrogens is 220 g/mol. The van der Waals surface area contributed by atoms with Crippen molar-refractivity contribution in [1.29, 1.82) is 0 Å². The van der Waals surface area contributed by atoms with Crippen LogP contribution in [0.25, 0.3) is 0 Å². The first-order valence-corrected chi connectivity index (χ1v) is 7.24. The first-order valence-electron chi connectivity index (χ1n) is 7.24. The van der Waals surface area contributed by atoms with E-state index in [-0.39, 0.29) is 0 Å². The molecule has 2 aliphatic rings. The first-order chi connectivity index (χ1) is 8.51. The number of hydrogen-bond donors (Lipinski definition) is 0. The normalized spacial score (nSPS) is 31.2. The topological polar surface area (TPSA) is 9.23 Å². The van der Waals surface area contributed by atoms with E-state index in [0.717, 1.165) is 18.3 Å². The molecule has 1 spiro atoms. The monoisotopic (exact) mass is 244 g/mol. The molecule has 1 heterocycles. The Labute approximate surface area is 111 Å². The molecule has 1 aromatic rings. The Morgan fingerprint density at radius 3 is 2.44 bits per heavy atom. The molecule has 1 aliphatic heterocycles. The smallest absolute Gasteiger partial charge is 0.123 e. The van der Waals surface area contributed by atoms with Crippen molar-refractivity contribution in [3.8, 4) is 5.75 Å². The number of para-hydroxylation sites is 1. The van der Waals surface area contributed by atoms with Crippen LogP contribution in [0.3, 0.4) is 0 Å². The highest BCUT2D eigenvalue weighted by Crippen LogP contribution is 2.51. The number of hydrogen-bond acceptors (Lipinski definition) is 1. The van der Waals surface area contributed by atoms with Crippen molar-refractivity contribution in [2.75, 3.05) is 6.61 Å². The highest BCUT2D eigenvalue weighted by atomic mass is 16.5. The SMILES string of the molecule is CC(C)(C)C1CCC2(CC1)COc1ccccc12. The van der Waals surface area contributed by atoms with Crippen LogP contribution in [0.15, 0.2) is 24.3 Å². The zero-order chi connectivity index (χ0) is 12.8. The van der Waals surface area contributed by atoms with Crippen molar-refractivity contribution in [2.24, 2.45) is 11.3 Å². The summed E-state index contributed by atoms with van der Waals surface area (Å²) >= 11 is 0. The van der Waals surface area contributed by atoms with Gasteiger partial charge in [0.2, 0.25) is 0 Å². The summed E-state index contributed by atoms with van der Waals surface area (Å²) in [5.74, 6) is 2.00. The summed E-state index contributed by atoms with van der Waals surface area (Å²) < 4.78 is 5.91. The fourth-order valence-corrected chi connectivity index (χ4v) is 3.77. The molecule has 3 rings (SSSR count). The maximum atomic E-state index is 5.91. The highest BCUT2D eigenvalue weighted by Gasteiger charge is 2.44. The quantitative estimate of drug-likeness (QED) is 0.650. The molecule has 0 saturated heterocycles. The molecule has 0 N–H and O–H groups in total. The molecule has 1 saturated carbocycles. The van der Waals surface area contributed by atoms with Crippen molar-refractivity contribution < 1.29 is 4.74 Å². The fraction of sp³-hybridized carbons (Fsp3) is 0.647. The average Bonchev–Trinajstić information content (AvgIpc) is 2.69. The van der Waals surface area contributed by atoms with Crippen LogP contribution in [0.5, 0.6) is 5.75 Å². The molecule has 18 heavy (non-hydrogen) atoms. The van der Waals surface area contributed by atoms with Gasteiger partial charge in [0, 0.05) is 11.0 Å². The molecule has 0 amide bonds. The number of benzene rings is 1. The Kier molecular flexibility index (Phi) is 2.69. The molecule has 0 unspecified atom stereocenters. The minimum atomic E-state index is 0.332. The van der Waals surface area contributed by atoms with Gasteiger partial charge in [0.25, 0.3) is 0 Å². The molecule has 0 aromatic heterocycles. The lowest BCUT2D eigenvalue weighted by molar-refractivity contribution is 0.116. The number of fused-ring (bicyclic) bond motifs is 2. The number of rotatable bonds is 0. The lowest BCUT2D eigenvalue weighted by atomic mass is 9.62. The van der Waals surface area contributed by atoms with E-state index in [9.17, 15) is 0 Å². The van der Waals surface area contributed by atoms with Crippen LogP contribution >= 0.6 is 0 Å². The zero-order valence-electron chi connectivity index (χ0n) is 11.8. The number of ether oxygens (including phenoxy) is 1. The summed E-state index contributed by atoms with van der Waals surface area (Å²) in [6.45, 7) is 8.06. The van der Waals surface area contributed by atoms with Crippen LogP contribution in [-0.2, 0) is 5.41 Å². The van der Waals surface area contributed by atoms with E-state index in [2.05, 4.69) is 45.0 Å². The minimum absolute atomic E-state index is 0.332. The van der Waals surface area contributed by atoms with Crippen LogP contribution in [0.4, 0.5) is 0 Å². The molecule has 0 radical (unpaired) electrons. The molecule has 1 fully saturated rings. The standard InChI is InChI=1S/C17H24O/c1-16(2,3)13-8-10-17(11-9-13)12-18-15-7-5-4-6-14(15)17/h4-7,13H,8-12H2,1-3H3. The van der Waals surface area contributed by atoms with Crippen LogP contribution in [0, 0.1) is 11.3 Å². The van der Waals surface area contributed by atoms with Crippen LogP contribution < -0.4 is 4.74 Å². The van der Waals surface area contributed by atoms with Crippen LogP contribution in [-0.4, -0.2) is 6.61 Å². The Hall–Kier alpha value is -0.980. The Bertz CT molecular complexity index is 433. The predicted octanol–water partition coefficient (Wildman–Crippen LogP) is 4.55. The van der Waals surface area contributed by atoms with Crippen molar-refractivity contribution >= 4 is 0 Å². The van der Waals surface area contributed by atoms with Gasteiger partial charge in [-0.25, -0.2) is 0 Å². The third-order valence-corrected chi connectivity index (χ3v) is 5.13. The van der Waals surface area contributed by atoms with E-state index in [4.69, 9.17) is 4.74 Å². The van der Waals surface area contributed by atoms with E-state index >= 15 is 0 Å². The molecule has 98 valence electrons. The van der Waals surface area contributed by atoms with Gasteiger partial charge in [-0.05, 0) is 43.1 Å². The molecule has 1 heteroatoms. The van der Waals surface area contributed by atoms with Gasteiger partial charge in [-0.15, -0.1) is 0 Å². The lowest BCUT2D eigenvalue weighted by Crippen LogP contribution is -2.36. The van der Waals surface area contributed by atoms with Gasteiger partial charge in [-0.1, -0.05) is 39.0 Å². The average molecular weight is 244 g/mol. The maximum absolute atomic E-state index is 5.91. The second kappa shape index (κ2) is 4.01. The second-order valence-electron chi connectivity index (χ2n) is 7.21. The second-order valence-corrected chi connectivity index (χ2v) is 7.21. The van der Waals surface area contributed by atoms with Crippen molar-refractivity contribution in [1.82, 2.24) is 0 Å². The van der Waals surface area contributed by atoms with Gasteiger partial charge in [-0.2, -0.15) is 0 Å². The van der Waals surface area contributed by atoms with E-state index in [1.807, 2.05) is 0 Å². The summed E-state index contributed by atoms with van der Waals surface area (Å²) in [6.07, 6.45) is 5.29. The van der Waals surface area contributed by atoms with Gasteiger partial charge >= 0.3 is 0 Å². The summed E-state index contributed by atoms with van der Waals surface area (Å²) in [5, 5.41) is 0. The van der Waals surface area contributed by atoms with Crippen molar-refractivity contribution in [2.45, 2.75) is 51.9 Å². The van der Waals surface area contributed by atoms with Crippen molar-refractivity contribution in [3.05, 3.63) is 29.8 Å². The Balaban J connectivity index is 1.81. The van der Waals surface area contributed by atoms with E-state index in [1.165, 1.54) is 31.2 Å². The van der Waals surface area contributed by atoms with Gasteiger partial charge in [0.05, 0.1) is 6.61 Å². The summed E-state index contributed by atoms with van der Waals surface area (Å²) in [7, 11) is 0. The minimum Gasteiger partial charge on any atom is -0.492 e.